The number of fused-ring (bicyclic) bond motifs is 1. The van der Waals surface area contributed by atoms with Gasteiger partial charge in [-0.2, -0.15) is 0 Å². The highest BCUT2D eigenvalue weighted by atomic mass is 16.2. The Morgan fingerprint density at radius 3 is 2.40 bits per heavy atom. The van der Waals surface area contributed by atoms with Crippen molar-refractivity contribution in [3.63, 3.8) is 0 Å². The first-order chi connectivity index (χ1) is 16.8. The van der Waals surface area contributed by atoms with Crippen LogP contribution in [-0.2, 0) is 0 Å². The van der Waals surface area contributed by atoms with Crippen LogP contribution >= 0.6 is 0 Å². The number of aryl methyl sites for hydroxylation is 3. The molecule has 3 aromatic carbocycles. The minimum absolute atomic E-state index is 0.133. The van der Waals surface area contributed by atoms with Crippen LogP contribution in [0, 0.1) is 20.8 Å². The van der Waals surface area contributed by atoms with Crippen LogP contribution in [0.1, 0.15) is 48.8 Å². The third-order valence-corrected chi connectivity index (χ3v) is 6.33. The van der Waals surface area contributed by atoms with E-state index in [0.717, 1.165) is 28.1 Å². The van der Waals surface area contributed by atoms with E-state index in [1.165, 1.54) is 0 Å². The Morgan fingerprint density at radius 2 is 1.71 bits per heavy atom. The van der Waals surface area contributed by atoms with E-state index in [9.17, 15) is 9.59 Å². The molecule has 1 aromatic heterocycles. The van der Waals surface area contributed by atoms with E-state index in [1.807, 2.05) is 89.2 Å². The Morgan fingerprint density at radius 1 is 0.971 bits per heavy atom. The summed E-state index contributed by atoms with van der Waals surface area (Å²) in [6.07, 6.45) is 0.602. The number of anilines is 1. The van der Waals surface area contributed by atoms with Crippen molar-refractivity contribution < 1.29 is 4.79 Å². The molecule has 0 aliphatic rings. The minimum Gasteiger partial charge on any atom is -0.315 e. The molecule has 1 atom stereocenters. The van der Waals surface area contributed by atoms with E-state index in [0.29, 0.717) is 29.7 Å². The van der Waals surface area contributed by atoms with Crippen molar-refractivity contribution in [1.29, 1.82) is 0 Å². The Labute approximate surface area is 206 Å². The average Bonchev–Trinajstić information content (AvgIpc) is 2.83. The second-order valence-corrected chi connectivity index (χ2v) is 8.93. The third-order valence-electron chi connectivity index (χ3n) is 6.33. The summed E-state index contributed by atoms with van der Waals surface area (Å²) in [7, 11) is 0. The van der Waals surface area contributed by atoms with Crippen LogP contribution < -0.4 is 10.9 Å². The summed E-state index contributed by atoms with van der Waals surface area (Å²) in [4.78, 5) is 34.0. The van der Waals surface area contributed by atoms with Gasteiger partial charge in [0.25, 0.3) is 5.56 Å². The lowest BCUT2D eigenvalue weighted by Crippen LogP contribution is -2.40. The van der Waals surface area contributed by atoms with Crippen LogP contribution in [0.15, 0.2) is 71.5 Å². The van der Waals surface area contributed by atoms with Gasteiger partial charge in [0.05, 0.1) is 22.6 Å². The van der Waals surface area contributed by atoms with Crippen molar-refractivity contribution in [2.24, 2.45) is 0 Å². The molecule has 1 heterocycles. The Kier molecular flexibility index (Phi) is 7.01. The van der Waals surface area contributed by atoms with Crippen LogP contribution in [0.4, 0.5) is 10.5 Å². The molecule has 0 fully saturated rings. The molecule has 4 aromatic rings. The van der Waals surface area contributed by atoms with Crippen LogP contribution in [0.25, 0.3) is 16.6 Å². The number of aromatic nitrogens is 2. The van der Waals surface area contributed by atoms with E-state index in [1.54, 1.807) is 15.5 Å². The van der Waals surface area contributed by atoms with Crippen molar-refractivity contribution in [3.05, 3.63) is 99.6 Å². The molecule has 1 unspecified atom stereocenters. The molecule has 2 amide bonds. The quantitative estimate of drug-likeness (QED) is 0.360. The van der Waals surface area contributed by atoms with E-state index < -0.39 is 6.04 Å². The molecule has 6 heteroatoms. The van der Waals surface area contributed by atoms with E-state index in [4.69, 9.17) is 4.98 Å². The summed E-state index contributed by atoms with van der Waals surface area (Å²) in [6.45, 7) is 10.4. The van der Waals surface area contributed by atoms with E-state index in [-0.39, 0.29) is 11.6 Å². The van der Waals surface area contributed by atoms with Crippen LogP contribution in [0.5, 0.6) is 0 Å². The fourth-order valence-corrected chi connectivity index (χ4v) is 4.63. The predicted molar refractivity (Wildman–Crippen MR) is 142 cm³/mol. The molecule has 0 radical (unpaired) electrons. The summed E-state index contributed by atoms with van der Waals surface area (Å²) >= 11 is 0. The highest BCUT2D eigenvalue weighted by molar-refractivity contribution is 5.89. The standard InChI is InChI=1S/C29H32N4O2/c1-6-25(32(7-2)29(35)30-22-12-10-11-19(3)18-22)27-31-24-14-9-8-13-23(24)28(34)33(27)26-16-15-20(4)17-21(26)5/h8-18,25H,6-7H2,1-5H3,(H,30,35). The zero-order valence-corrected chi connectivity index (χ0v) is 21.0. The van der Waals surface area contributed by atoms with Gasteiger partial charge in [0.15, 0.2) is 0 Å². The number of rotatable bonds is 6. The fourth-order valence-electron chi connectivity index (χ4n) is 4.63. The third kappa shape index (κ3) is 4.83. The average molecular weight is 469 g/mol. The number of benzene rings is 3. The molecule has 0 aliphatic heterocycles. The van der Waals surface area contributed by atoms with Gasteiger partial charge >= 0.3 is 6.03 Å². The highest BCUT2D eigenvalue weighted by Crippen LogP contribution is 2.28. The molecule has 0 saturated heterocycles. The second-order valence-electron chi connectivity index (χ2n) is 8.93. The molecular weight excluding hydrogens is 436 g/mol. The zero-order valence-electron chi connectivity index (χ0n) is 21.0. The molecule has 0 aliphatic carbocycles. The first-order valence-electron chi connectivity index (χ1n) is 12.1. The molecule has 1 N–H and O–H groups in total. The molecule has 6 nitrogen and oxygen atoms in total. The lowest BCUT2D eigenvalue weighted by Gasteiger charge is -2.31. The van der Waals surface area contributed by atoms with Gasteiger partial charge in [-0.25, -0.2) is 9.78 Å². The molecule has 0 saturated carbocycles. The maximum absolute atomic E-state index is 13.8. The zero-order chi connectivity index (χ0) is 25.1. The number of hydrogen-bond acceptors (Lipinski definition) is 3. The molecule has 0 spiro atoms. The van der Waals surface area contributed by atoms with Crippen LogP contribution in [0.2, 0.25) is 0 Å². The molecule has 0 bridgehead atoms. The lowest BCUT2D eigenvalue weighted by molar-refractivity contribution is 0.185. The highest BCUT2D eigenvalue weighted by Gasteiger charge is 2.28. The van der Waals surface area contributed by atoms with Crippen molar-refractivity contribution in [2.45, 2.75) is 47.1 Å². The number of nitrogens with zero attached hydrogens (tertiary/aromatic N) is 3. The maximum atomic E-state index is 13.8. The minimum atomic E-state index is -0.400. The van der Waals surface area contributed by atoms with Gasteiger partial charge in [0, 0.05) is 12.2 Å². The summed E-state index contributed by atoms with van der Waals surface area (Å²) < 4.78 is 1.69. The summed E-state index contributed by atoms with van der Waals surface area (Å²) in [5, 5.41) is 3.57. The topological polar surface area (TPSA) is 67.2 Å². The van der Waals surface area contributed by atoms with Gasteiger partial charge in [-0.1, -0.05) is 48.9 Å². The van der Waals surface area contributed by atoms with E-state index >= 15 is 0 Å². The molecule has 180 valence electrons. The number of urea groups is 1. The fraction of sp³-hybridized carbons (Fsp3) is 0.276. The van der Waals surface area contributed by atoms with E-state index in [2.05, 4.69) is 11.4 Å². The van der Waals surface area contributed by atoms with Gasteiger partial charge in [-0.15, -0.1) is 0 Å². The SMILES string of the molecule is CCC(c1nc2ccccc2c(=O)n1-c1ccc(C)cc1C)N(CC)C(=O)Nc1cccc(C)c1. The number of nitrogens with one attached hydrogen (secondary N) is 1. The maximum Gasteiger partial charge on any atom is 0.322 e. The molecule has 4 rings (SSSR count). The summed E-state index contributed by atoms with van der Waals surface area (Å²) in [5.74, 6) is 0.560. The van der Waals surface area contributed by atoms with Crippen molar-refractivity contribution in [1.82, 2.24) is 14.5 Å². The number of carbonyl (C=O) groups excluding carboxylic acids is 1. The van der Waals surface area contributed by atoms with Crippen molar-refractivity contribution in [3.8, 4) is 5.69 Å². The van der Waals surface area contributed by atoms with Gasteiger partial charge < -0.3 is 10.2 Å². The number of carbonyl (C=O) groups is 1. The molecular formula is C29H32N4O2. The first kappa shape index (κ1) is 24.2. The van der Waals surface area contributed by atoms with Gasteiger partial charge in [-0.05, 0) is 75.6 Å². The van der Waals surface area contributed by atoms with Crippen molar-refractivity contribution in [2.75, 3.05) is 11.9 Å². The second kappa shape index (κ2) is 10.1. The Hall–Kier alpha value is -3.93. The largest absolute Gasteiger partial charge is 0.322 e. The van der Waals surface area contributed by atoms with Crippen LogP contribution in [-0.4, -0.2) is 27.0 Å². The summed E-state index contributed by atoms with van der Waals surface area (Å²) in [5.41, 5.74) is 5.18. The molecule has 35 heavy (non-hydrogen) atoms. The van der Waals surface area contributed by atoms with Crippen molar-refractivity contribution >= 4 is 22.6 Å². The summed E-state index contributed by atoms with van der Waals surface area (Å²) in [6, 6.07) is 20.5. The normalized spacial score (nSPS) is 11.9. The van der Waals surface area contributed by atoms with Gasteiger partial charge in [0.2, 0.25) is 0 Å². The lowest BCUT2D eigenvalue weighted by atomic mass is 10.1. The number of amides is 2. The van der Waals surface area contributed by atoms with Crippen LogP contribution in [0.3, 0.4) is 0 Å². The number of hydrogen-bond donors (Lipinski definition) is 1. The Balaban J connectivity index is 1.88. The smallest absolute Gasteiger partial charge is 0.315 e. The van der Waals surface area contributed by atoms with Gasteiger partial charge in [0.1, 0.15) is 5.82 Å². The van der Waals surface area contributed by atoms with Gasteiger partial charge in [-0.3, -0.25) is 9.36 Å². The Bertz CT molecular complexity index is 1440. The predicted octanol–water partition coefficient (Wildman–Crippen LogP) is 6.32. The first-order valence-corrected chi connectivity index (χ1v) is 12.1. The number of para-hydroxylation sites is 1. The monoisotopic (exact) mass is 468 g/mol.